The van der Waals surface area contributed by atoms with Gasteiger partial charge in [-0.25, -0.2) is 18.9 Å². The average Bonchev–Trinajstić information content (AvgIpc) is 1.88. The van der Waals surface area contributed by atoms with Gasteiger partial charge >= 0.3 is 0 Å². The summed E-state index contributed by atoms with van der Waals surface area (Å²) < 4.78 is 21.3. The average molecular weight is 164 g/mol. The van der Waals surface area contributed by atoms with Crippen molar-refractivity contribution in [2.45, 2.75) is 5.37 Å². The maximum atomic E-state index is 10.6. The minimum Gasteiger partial charge on any atom is -0.313 e. The molecule has 0 aromatic carbocycles. The Morgan fingerprint density at radius 3 is 2.60 bits per heavy atom. The normalized spacial score (nSPS) is 28.3. The van der Waals surface area contributed by atoms with Crippen molar-refractivity contribution in [3.05, 3.63) is 0 Å². The van der Waals surface area contributed by atoms with Gasteiger partial charge in [-0.15, -0.1) is 0 Å². The number of primary sulfonamides is 1. The van der Waals surface area contributed by atoms with Gasteiger partial charge < -0.3 is 5.32 Å². The van der Waals surface area contributed by atoms with Gasteiger partial charge in [-0.05, 0) is 0 Å². The Morgan fingerprint density at radius 1 is 1.60 bits per heavy atom. The van der Waals surface area contributed by atoms with Crippen LogP contribution in [-0.4, -0.2) is 33.4 Å². The van der Waals surface area contributed by atoms with Crippen LogP contribution in [0.4, 0.5) is 0 Å². The summed E-state index contributed by atoms with van der Waals surface area (Å²) in [4.78, 5) is 0. The lowest BCUT2D eigenvalue weighted by atomic mass is 10.4. The van der Waals surface area contributed by atoms with Crippen molar-refractivity contribution in [3.8, 4) is 0 Å². The van der Waals surface area contributed by atoms with Crippen LogP contribution in [0.15, 0.2) is 0 Å². The van der Waals surface area contributed by atoms with Gasteiger partial charge in [0.1, 0.15) is 0 Å². The molecule has 1 fully saturated rings. The predicted molar refractivity (Wildman–Crippen MR) is 36.8 cm³/mol. The van der Waals surface area contributed by atoms with Crippen LogP contribution in [0.25, 0.3) is 0 Å². The Balaban J connectivity index is 2.56. The molecule has 1 aliphatic heterocycles. The summed E-state index contributed by atoms with van der Waals surface area (Å²) in [5.74, 6) is 0. The number of rotatable bonds is 1. The van der Waals surface area contributed by atoms with Crippen LogP contribution in [0.2, 0.25) is 0 Å². The largest absolute Gasteiger partial charge is 0.313 e. The van der Waals surface area contributed by atoms with E-state index in [-0.39, 0.29) is 0 Å². The number of hydrogen-bond acceptors (Lipinski definition) is 3. The second-order valence-electron chi connectivity index (χ2n) is 2.15. The molecule has 1 unspecified atom stereocenters. The minimum atomic E-state index is -3.46. The first-order chi connectivity index (χ1) is 4.61. The van der Waals surface area contributed by atoms with E-state index < -0.39 is 15.4 Å². The zero-order valence-electron chi connectivity index (χ0n) is 5.45. The molecule has 1 heterocycles. The van der Waals surface area contributed by atoms with E-state index in [1.807, 2.05) is 0 Å². The van der Waals surface area contributed by atoms with Gasteiger partial charge in [-0.3, -0.25) is 0 Å². The third-order valence-electron chi connectivity index (χ3n) is 1.32. The van der Waals surface area contributed by atoms with E-state index in [4.69, 9.17) is 5.14 Å². The molecule has 59 valence electrons. The summed E-state index contributed by atoms with van der Waals surface area (Å²) in [6.07, 6.45) is 0. The highest BCUT2D eigenvalue weighted by molar-refractivity contribution is 7.89. The number of hydrogen-bond donors (Lipinski definition) is 2. The van der Waals surface area contributed by atoms with Crippen LogP contribution in [0.1, 0.15) is 0 Å². The molecule has 0 aromatic heterocycles. The van der Waals surface area contributed by atoms with E-state index in [9.17, 15) is 8.42 Å². The Kier molecular flexibility index (Phi) is 2.24. The predicted octanol–water partition coefficient (Wildman–Crippen LogP) is -2.19. The molecule has 5 nitrogen and oxygen atoms in total. The molecule has 0 aromatic rings. The lowest BCUT2D eigenvalue weighted by molar-refractivity contribution is 0.468. The Bertz CT molecular complexity index is 195. The molecular weight excluding hydrogens is 154 g/mol. The first-order valence-electron chi connectivity index (χ1n) is 2.99. The van der Waals surface area contributed by atoms with Crippen molar-refractivity contribution in [3.63, 3.8) is 0 Å². The van der Waals surface area contributed by atoms with Crippen molar-refractivity contribution in [1.82, 2.24) is 10.6 Å². The molecule has 1 aliphatic rings. The highest BCUT2D eigenvalue weighted by Gasteiger charge is 2.23. The molecule has 0 amide bonds. The zero-order valence-corrected chi connectivity index (χ0v) is 6.26. The van der Waals surface area contributed by atoms with E-state index in [1.165, 1.54) is 0 Å². The van der Waals surface area contributed by atoms with Gasteiger partial charge in [-0.2, -0.15) is 0 Å². The highest BCUT2D eigenvalue weighted by atomic mass is 32.2. The molecule has 1 radical (unpaired) electrons. The van der Waals surface area contributed by atoms with Crippen LogP contribution >= 0.6 is 0 Å². The summed E-state index contributed by atoms with van der Waals surface area (Å²) in [7, 11) is -3.46. The summed E-state index contributed by atoms with van der Waals surface area (Å²) in [6, 6.07) is 0. The molecule has 0 saturated carbocycles. The molecule has 1 atom stereocenters. The molecule has 1 saturated heterocycles. The number of nitrogens with zero attached hydrogens (tertiary/aromatic N) is 1. The smallest absolute Gasteiger partial charge is 0.227 e. The van der Waals surface area contributed by atoms with E-state index >= 15 is 0 Å². The van der Waals surface area contributed by atoms with Gasteiger partial charge in [0.25, 0.3) is 0 Å². The minimum absolute atomic E-state index is 0.346. The second-order valence-corrected chi connectivity index (χ2v) is 3.88. The third kappa shape index (κ3) is 1.91. The molecule has 0 aliphatic carbocycles. The fraction of sp³-hybridized carbons (Fsp3) is 1.00. The standard InChI is InChI=1S/C4H10N3O2S/c5-10(8,9)4-3-6-1-2-7-4/h4,6H,1-3H2,(H2,5,8,9). The second kappa shape index (κ2) is 2.83. The van der Waals surface area contributed by atoms with Gasteiger partial charge in [0.05, 0.1) is 0 Å². The molecule has 10 heavy (non-hydrogen) atoms. The van der Waals surface area contributed by atoms with Crippen molar-refractivity contribution < 1.29 is 8.42 Å². The lowest BCUT2D eigenvalue weighted by Crippen LogP contribution is -2.50. The molecule has 3 N–H and O–H groups in total. The quantitative estimate of drug-likeness (QED) is 0.461. The summed E-state index contributed by atoms with van der Waals surface area (Å²) in [5, 5.41) is 10.8. The summed E-state index contributed by atoms with van der Waals surface area (Å²) >= 11 is 0. The summed E-state index contributed by atoms with van der Waals surface area (Å²) in [6.45, 7) is 1.62. The maximum absolute atomic E-state index is 10.6. The van der Waals surface area contributed by atoms with Crippen LogP contribution in [0, 0.1) is 0 Å². The zero-order chi connectivity index (χ0) is 7.61. The monoisotopic (exact) mass is 164 g/mol. The van der Waals surface area contributed by atoms with Crippen LogP contribution < -0.4 is 15.8 Å². The molecule has 1 rings (SSSR count). The van der Waals surface area contributed by atoms with E-state index in [0.29, 0.717) is 13.1 Å². The molecule has 0 bridgehead atoms. The highest BCUT2D eigenvalue weighted by Crippen LogP contribution is 1.94. The van der Waals surface area contributed by atoms with Crippen LogP contribution in [-0.2, 0) is 10.0 Å². The fourth-order valence-electron chi connectivity index (χ4n) is 0.798. The molecule has 6 heteroatoms. The molecule has 0 spiro atoms. The maximum Gasteiger partial charge on any atom is 0.227 e. The number of sulfonamides is 1. The van der Waals surface area contributed by atoms with Gasteiger partial charge in [-0.1, -0.05) is 0 Å². The number of nitrogens with two attached hydrogens (primary N) is 1. The van der Waals surface area contributed by atoms with E-state index in [0.717, 1.165) is 6.54 Å². The van der Waals surface area contributed by atoms with Crippen molar-refractivity contribution in [1.29, 1.82) is 0 Å². The first kappa shape index (κ1) is 7.93. The van der Waals surface area contributed by atoms with Crippen molar-refractivity contribution >= 4 is 10.0 Å². The number of piperazine rings is 1. The van der Waals surface area contributed by atoms with Gasteiger partial charge in [0, 0.05) is 19.6 Å². The Labute approximate surface area is 60.0 Å². The van der Waals surface area contributed by atoms with Crippen LogP contribution in [0.3, 0.4) is 0 Å². The van der Waals surface area contributed by atoms with E-state index in [2.05, 4.69) is 10.6 Å². The third-order valence-corrected chi connectivity index (χ3v) is 2.39. The SMILES string of the molecule is NS(=O)(=O)C1CNCC[N]1. The van der Waals surface area contributed by atoms with Gasteiger partial charge in [0.15, 0.2) is 5.37 Å². The summed E-state index contributed by atoms with van der Waals surface area (Å²) in [5.41, 5.74) is 0. The van der Waals surface area contributed by atoms with Crippen molar-refractivity contribution in [2.24, 2.45) is 5.14 Å². The number of nitrogens with one attached hydrogen (secondary N) is 1. The lowest BCUT2D eigenvalue weighted by Gasteiger charge is -2.20. The topological polar surface area (TPSA) is 86.3 Å². The fourth-order valence-corrected chi connectivity index (χ4v) is 1.46. The Morgan fingerprint density at radius 2 is 2.30 bits per heavy atom. The van der Waals surface area contributed by atoms with Crippen LogP contribution in [0.5, 0.6) is 0 Å². The van der Waals surface area contributed by atoms with E-state index in [1.54, 1.807) is 0 Å². The van der Waals surface area contributed by atoms with Gasteiger partial charge in [0.2, 0.25) is 10.0 Å². The Hall–Kier alpha value is -0.170. The molecular formula is C4H10N3O2S. The first-order valence-corrected chi connectivity index (χ1v) is 4.60. The van der Waals surface area contributed by atoms with Crippen molar-refractivity contribution in [2.75, 3.05) is 19.6 Å².